The fraction of sp³-hybridized carbons (Fsp3) is 0.429. The molecule has 1 aromatic rings. The van der Waals surface area contributed by atoms with Crippen LogP contribution in [-0.2, 0) is 16.0 Å². The number of rotatable bonds is 4. The van der Waals surface area contributed by atoms with Gasteiger partial charge in [0, 0.05) is 16.9 Å². The van der Waals surface area contributed by atoms with E-state index < -0.39 is 6.04 Å². The molecule has 108 valence electrons. The Labute approximate surface area is 125 Å². The van der Waals surface area contributed by atoms with Crippen LogP contribution in [0.25, 0.3) is 0 Å². The van der Waals surface area contributed by atoms with Crippen LogP contribution in [0.4, 0.5) is 4.39 Å². The van der Waals surface area contributed by atoms with Crippen LogP contribution in [-0.4, -0.2) is 23.9 Å². The molecule has 0 saturated carbocycles. The van der Waals surface area contributed by atoms with Gasteiger partial charge in [0.1, 0.15) is 11.9 Å². The third-order valence-electron chi connectivity index (χ3n) is 3.24. The first-order valence-corrected chi connectivity index (χ1v) is 7.28. The van der Waals surface area contributed by atoms with E-state index in [1.54, 1.807) is 12.1 Å². The van der Waals surface area contributed by atoms with Gasteiger partial charge in [-0.2, -0.15) is 0 Å². The summed E-state index contributed by atoms with van der Waals surface area (Å²) < 4.78 is 14.4. The van der Waals surface area contributed by atoms with E-state index in [4.69, 9.17) is 0 Å². The lowest BCUT2D eigenvalue weighted by Gasteiger charge is -2.17. The highest BCUT2D eigenvalue weighted by atomic mass is 79.9. The van der Waals surface area contributed by atoms with Crippen molar-refractivity contribution >= 4 is 27.7 Å². The van der Waals surface area contributed by atoms with Crippen molar-refractivity contribution in [2.75, 3.05) is 0 Å². The molecule has 0 aliphatic carbocycles. The predicted molar refractivity (Wildman–Crippen MR) is 76.6 cm³/mol. The molecule has 0 unspecified atom stereocenters. The van der Waals surface area contributed by atoms with Crippen LogP contribution in [0, 0.1) is 5.82 Å². The first-order valence-electron chi connectivity index (χ1n) is 6.49. The molecule has 0 spiro atoms. The average Bonchev–Trinajstić information content (AvgIpc) is 2.79. The topological polar surface area (TPSA) is 58.2 Å². The number of carbonyl (C=O) groups is 2. The quantitative estimate of drug-likeness (QED) is 0.878. The lowest BCUT2D eigenvalue weighted by molar-refractivity contribution is -0.126. The van der Waals surface area contributed by atoms with Gasteiger partial charge in [-0.15, -0.1) is 0 Å². The molecule has 2 N–H and O–H groups in total. The third-order valence-corrected chi connectivity index (χ3v) is 3.73. The lowest BCUT2D eigenvalue weighted by atomic mass is 10.1. The Balaban J connectivity index is 1.90. The summed E-state index contributed by atoms with van der Waals surface area (Å²) in [5, 5.41) is 5.41. The van der Waals surface area contributed by atoms with Gasteiger partial charge in [-0.3, -0.25) is 9.59 Å². The summed E-state index contributed by atoms with van der Waals surface area (Å²) in [4.78, 5) is 23.0. The van der Waals surface area contributed by atoms with Gasteiger partial charge in [0.15, 0.2) is 0 Å². The maximum atomic E-state index is 13.7. The van der Waals surface area contributed by atoms with Gasteiger partial charge in [-0.25, -0.2) is 4.39 Å². The van der Waals surface area contributed by atoms with Crippen LogP contribution in [0.15, 0.2) is 22.7 Å². The van der Waals surface area contributed by atoms with Crippen molar-refractivity contribution in [3.63, 3.8) is 0 Å². The summed E-state index contributed by atoms with van der Waals surface area (Å²) in [6.07, 6.45) is 1.31. The van der Waals surface area contributed by atoms with Crippen molar-refractivity contribution in [3.8, 4) is 0 Å². The van der Waals surface area contributed by atoms with Gasteiger partial charge in [-0.05, 0) is 37.5 Å². The van der Waals surface area contributed by atoms with Crippen molar-refractivity contribution in [3.05, 3.63) is 34.1 Å². The number of carbonyl (C=O) groups excluding carboxylic acids is 2. The maximum Gasteiger partial charge on any atom is 0.242 e. The number of amides is 2. The molecule has 1 fully saturated rings. The van der Waals surface area contributed by atoms with Crippen molar-refractivity contribution < 1.29 is 14.0 Å². The Morgan fingerprint density at radius 3 is 2.95 bits per heavy atom. The van der Waals surface area contributed by atoms with Gasteiger partial charge < -0.3 is 10.6 Å². The van der Waals surface area contributed by atoms with Crippen molar-refractivity contribution in [1.82, 2.24) is 10.6 Å². The number of hydrogen-bond donors (Lipinski definition) is 2. The number of nitrogens with one attached hydrogen (secondary N) is 2. The van der Waals surface area contributed by atoms with Gasteiger partial charge in [0.2, 0.25) is 11.8 Å². The highest BCUT2D eigenvalue weighted by Gasteiger charge is 2.27. The van der Waals surface area contributed by atoms with Crippen LogP contribution in [0.2, 0.25) is 0 Å². The highest BCUT2D eigenvalue weighted by molar-refractivity contribution is 9.10. The smallest absolute Gasteiger partial charge is 0.242 e. The summed E-state index contributed by atoms with van der Waals surface area (Å²) in [5.41, 5.74) is 0.552. The Morgan fingerprint density at radius 1 is 1.60 bits per heavy atom. The number of hydrogen-bond acceptors (Lipinski definition) is 2. The molecule has 0 radical (unpaired) electrons. The summed E-state index contributed by atoms with van der Waals surface area (Å²) in [5.74, 6) is -0.604. The molecule has 1 heterocycles. The molecule has 4 nitrogen and oxygen atoms in total. The standard InChI is InChI=1S/C14H16BrFN2O2/c1-8(6-9-2-3-10(15)7-11(9)16)17-14(20)12-4-5-13(19)18-12/h2-3,7-8,12H,4-6H2,1H3,(H,17,20)(H,18,19)/t8-,12-/m1/s1. The van der Waals surface area contributed by atoms with E-state index in [1.807, 2.05) is 6.92 Å². The molecule has 2 atom stereocenters. The molecule has 6 heteroatoms. The van der Waals surface area contributed by atoms with Crippen LogP contribution in [0.1, 0.15) is 25.3 Å². The summed E-state index contributed by atoms with van der Waals surface area (Å²) >= 11 is 3.20. The van der Waals surface area contributed by atoms with Gasteiger partial charge in [0.25, 0.3) is 0 Å². The molecule has 20 heavy (non-hydrogen) atoms. The zero-order valence-corrected chi connectivity index (χ0v) is 12.7. The Morgan fingerprint density at radius 2 is 2.35 bits per heavy atom. The van der Waals surface area contributed by atoms with E-state index in [2.05, 4.69) is 26.6 Å². The van der Waals surface area contributed by atoms with Crippen molar-refractivity contribution in [2.24, 2.45) is 0 Å². The molecule has 2 rings (SSSR count). The molecular weight excluding hydrogens is 327 g/mol. The minimum atomic E-state index is -0.459. The molecular formula is C14H16BrFN2O2. The van der Waals surface area contributed by atoms with Crippen molar-refractivity contribution in [1.29, 1.82) is 0 Å². The minimum absolute atomic E-state index is 0.100. The normalized spacial score (nSPS) is 19.6. The van der Waals surface area contributed by atoms with Crippen LogP contribution in [0.3, 0.4) is 0 Å². The van der Waals surface area contributed by atoms with E-state index in [0.29, 0.717) is 29.3 Å². The van der Waals surface area contributed by atoms with E-state index >= 15 is 0 Å². The average molecular weight is 343 g/mol. The SMILES string of the molecule is C[C@H](Cc1ccc(Br)cc1F)NC(=O)[C@H]1CCC(=O)N1. The van der Waals surface area contributed by atoms with E-state index in [-0.39, 0.29) is 23.7 Å². The number of halogens is 2. The second-order valence-corrected chi connectivity index (χ2v) is 5.92. The highest BCUT2D eigenvalue weighted by Crippen LogP contribution is 2.16. The summed E-state index contributed by atoms with van der Waals surface area (Å²) in [6.45, 7) is 1.82. The van der Waals surface area contributed by atoms with E-state index in [1.165, 1.54) is 6.07 Å². The van der Waals surface area contributed by atoms with Gasteiger partial charge >= 0.3 is 0 Å². The van der Waals surface area contributed by atoms with E-state index in [9.17, 15) is 14.0 Å². The van der Waals surface area contributed by atoms with Crippen LogP contribution < -0.4 is 10.6 Å². The fourth-order valence-electron chi connectivity index (χ4n) is 2.22. The van der Waals surface area contributed by atoms with Gasteiger partial charge in [0.05, 0.1) is 0 Å². The zero-order valence-electron chi connectivity index (χ0n) is 11.1. The van der Waals surface area contributed by atoms with Crippen LogP contribution in [0.5, 0.6) is 0 Å². The molecule has 1 saturated heterocycles. The zero-order chi connectivity index (χ0) is 14.7. The third kappa shape index (κ3) is 3.79. The second kappa shape index (κ2) is 6.35. The van der Waals surface area contributed by atoms with E-state index in [0.717, 1.165) is 0 Å². The Bertz CT molecular complexity index is 536. The Kier molecular flexibility index (Phi) is 4.75. The molecule has 0 bridgehead atoms. The molecule has 1 aliphatic heterocycles. The molecule has 2 amide bonds. The molecule has 0 aromatic heterocycles. The molecule has 1 aromatic carbocycles. The monoisotopic (exact) mass is 342 g/mol. The largest absolute Gasteiger partial charge is 0.352 e. The fourth-order valence-corrected chi connectivity index (χ4v) is 2.56. The maximum absolute atomic E-state index is 13.7. The summed E-state index contributed by atoms with van der Waals surface area (Å²) in [6, 6.07) is 4.21. The Hall–Kier alpha value is -1.43. The predicted octanol–water partition coefficient (Wildman–Crippen LogP) is 1.91. The second-order valence-electron chi connectivity index (χ2n) is 5.01. The first kappa shape index (κ1) is 15.0. The number of benzene rings is 1. The lowest BCUT2D eigenvalue weighted by Crippen LogP contribution is -2.45. The minimum Gasteiger partial charge on any atom is -0.352 e. The van der Waals surface area contributed by atoms with Crippen LogP contribution >= 0.6 is 15.9 Å². The first-order chi connectivity index (χ1) is 9.45. The summed E-state index contributed by atoms with van der Waals surface area (Å²) in [7, 11) is 0. The van der Waals surface area contributed by atoms with Crippen molar-refractivity contribution in [2.45, 2.75) is 38.3 Å². The van der Waals surface area contributed by atoms with Gasteiger partial charge in [-0.1, -0.05) is 22.0 Å². The molecule has 1 aliphatic rings.